The predicted molar refractivity (Wildman–Crippen MR) is 70.9 cm³/mol. The Labute approximate surface area is 119 Å². The van der Waals surface area contributed by atoms with Crippen LogP contribution in [-0.2, 0) is 28.6 Å². The molecular weight excluding hydrogens is 266 g/mol. The minimum absolute atomic E-state index is 0.172. The van der Waals surface area contributed by atoms with Gasteiger partial charge in [-0.1, -0.05) is 13.3 Å². The number of carbonyl (C=O) groups excluding carboxylic acids is 3. The van der Waals surface area contributed by atoms with E-state index in [1.165, 1.54) is 19.1 Å². The normalized spacial score (nSPS) is 11.8. The molecule has 1 unspecified atom stereocenters. The van der Waals surface area contributed by atoms with Gasteiger partial charge in [-0.15, -0.1) is 0 Å². The molecule has 0 saturated carbocycles. The summed E-state index contributed by atoms with van der Waals surface area (Å²) in [6.45, 7) is 3.50. The quantitative estimate of drug-likeness (QED) is 0.448. The van der Waals surface area contributed by atoms with Crippen molar-refractivity contribution in [3.8, 4) is 0 Å². The van der Waals surface area contributed by atoms with E-state index in [-0.39, 0.29) is 19.7 Å². The summed E-state index contributed by atoms with van der Waals surface area (Å²) in [7, 11) is 2.50. The Morgan fingerprint density at radius 3 is 1.85 bits per heavy atom. The van der Waals surface area contributed by atoms with Crippen molar-refractivity contribution in [2.45, 2.75) is 32.7 Å². The first kappa shape index (κ1) is 18.4. The van der Waals surface area contributed by atoms with Crippen LogP contribution in [0.5, 0.6) is 0 Å². The van der Waals surface area contributed by atoms with Crippen LogP contribution in [0.2, 0.25) is 0 Å². The van der Waals surface area contributed by atoms with Gasteiger partial charge < -0.3 is 14.2 Å². The Morgan fingerprint density at radius 1 is 1.00 bits per heavy atom. The number of hydrogen-bond acceptors (Lipinski definition) is 7. The second-order valence-electron chi connectivity index (χ2n) is 4.11. The Bertz CT molecular complexity index is 313. The summed E-state index contributed by atoms with van der Waals surface area (Å²) in [6.07, 6.45) is 1.19. The molecule has 0 aliphatic rings. The Hall–Kier alpha value is -1.63. The van der Waals surface area contributed by atoms with Crippen LogP contribution in [0.15, 0.2) is 0 Å². The summed E-state index contributed by atoms with van der Waals surface area (Å²) in [6, 6.07) is -0.668. The third-order valence-electron chi connectivity index (χ3n) is 2.68. The van der Waals surface area contributed by atoms with E-state index >= 15 is 0 Å². The molecular formula is C13H23NO6. The lowest BCUT2D eigenvalue weighted by Crippen LogP contribution is -2.47. The summed E-state index contributed by atoms with van der Waals surface area (Å²) >= 11 is 0. The lowest BCUT2D eigenvalue weighted by atomic mass is 10.1. The van der Waals surface area contributed by atoms with E-state index in [9.17, 15) is 14.4 Å². The van der Waals surface area contributed by atoms with Crippen molar-refractivity contribution in [1.29, 1.82) is 0 Å². The van der Waals surface area contributed by atoms with Crippen LogP contribution in [0.1, 0.15) is 26.7 Å². The fraction of sp³-hybridized carbons (Fsp3) is 0.769. The predicted octanol–water partition coefficient (Wildman–Crippen LogP) is 0.366. The molecule has 0 aromatic carbocycles. The van der Waals surface area contributed by atoms with Gasteiger partial charge in [0.25, 0.3) is 0 Å². The van der Waals surface area contributed by atoms with Crippen molar-refractivity contribution in [2.24, 2.45) is 0 Å². The monoisotopic (exact) mass is 289 g/mol. The highest BCUT2D eigenvalue weighted by atomic mass is 16.5. The van der Waals surface area contributed by atoms with Crippen molar-refractivity contribution in [3.05, 3.63) is 0 Å². The minimum Gasteiger partial charge on any atom is -0.468 e. The van der Waals surface area contributed by atoms with Crippen LogP contribution in [-0.4, -0.2) is 62.8 Å². The smallest absolute Gasteiger partial charge is 0.323 e. The molecule has 1 atom stereocenters. The standard InChI is InChI=1S/C13H23NO6/c1-5-7-10(13(17)20-6-2)14(8-11(15)18-3)9-12(16)19-4/h10H,5-9H2,1-4H3. The van der Waals surface area contributed by atoms with Crippen LogP contribution >= 0.6 is 0 Å². The highest BCUT2D eigenvalue weighted by Gasteiger charge is 2.30. The van der Waals surface area contributed by atoms with E-state index in [0.29, 0.717) is 12.8 Å². The topological polar surface area (TPSA) is 82.1 Å². The number of rotatable bonds is 9. The van der Waals surface area contributed by atoms with Gasteiger partial charge in [0.15, 0.2) is 0 Å². The number of esters is 3. The van der Waals surface area contributed by atoms with Crippen LogP contribution < -0.4 is 0 Å². The van der Waals surface area contributed by atoms with Gasteiger partial charge in [-0.25, -0.2) is 0 Å². The molecule has 0 amide bonds. The maximum absolute atomic E-state index is 11.9. The number of carbonyl (C=O) groups is 3. The van der Waals surface area contributed by atoms with E-state index in [2.05, 4.69) is 9.47 Å². The first-order valence-corrected chi connectivity index (χ1v) is 6.54. The summed E-state index contributed by atoms with van der Waals surface area (Å²) in [4.78, 5) is 36.2. The molecule has 0 fully saturated rings. The van der Waals surface area contributed by atoms with E-state index in [1.54, 1.807) is 6.92 Å². The molecule has 0 N–H and O–H groups in total. The molecule has 0 saturated heterocycles. The number of methoxy groups -OCH3 is 2. The summed E-state index contributed by atoms with van der Waals surface area (Å²) in [5.74, 6) is -1.51. The molecule has 0 spiro atoms. The van der Waals surface area contributed by atoms with Gasteiger partial charge in [0.2, 0.25) is 0 Å². The molecule has 0 aromatic heterocycles. The SMILES string of the molecule is CCCC(C(=O)OCC)N(CC(=O)OC)CC(=O)OC. The second kappa shape index (κ2) is 10.2. The molecule has 7 nitrogen and oxygen atoms in total. The zero-order valence-corrected chi connectivity index (χ0v) is 12.5. The first-order valence-electron chi connectivity index (χ1n) is 6.54. The summed E-state index contributed by atoms with van der Waals surface area (Å²) in [5, 5.41) is 0. The van der Waals surface area contributed by atoms with Crippen molar-refractivity contribution in [2.75, 3.05) is 33.9 Å². The highest BCUT2D eigenvalue weighted by molar-refractivity contribution is 5.80. The molecule has 0 bridgehead atoms. The average Bonchev–Trinajstić information content (AvgIpc) is 2.43. The molecule has 0 aliphatic heterocycles. The van der Waals surface area contributed by atoms with Gasteiger partial charge >= 0.3 is 17.9 Å². The molecule has 20 heavy (non-hydrogen) atoms. The van der Waals surface area contributed by atoms with Gasteiger partial charge in [-0.05, 0) is 13.3 Å². The van der Waals surface area contributed by atoms with Crippen molar-refractivity contribution < 1.29 is 28.6 Å². The maximum Gasteiger partial charge on any atom is 0.323 e. The molecule has 116 valence electrons. The van der Waals surface area contributed by atoms with Gasteiger partial charge in [0, 0.05) is 0 Å². The Kier molecular flexibility index (Phi) is 9.36. The van der Waals surface area contributed by atoms with Gasteiger partial charge in [0.1, 0.15) is 6.04 Å². The number of nitrogens with zero attached hydrogens (tertiary/aromatic N) is 1. The summed E-state index contributed by atoms with van der Waals surface area (Å²) < 4.78 is 14.1. The first-order chi connectivity index (χ1) is 9.49. The largest absolute Gasteiger partial charge is 0.468 e. The highest BCUT2D eigenvalue weighted by Crippen LogP contribution is 2.10. The molecule has 0 radical (unpaired) electrons. The van der Waals surface area contributed by atoms with E-state index in [0.717, 1.165) is 0 Å². The second-order valence-corrected chi connectivity index (χ2v) is 4.11. The fourth-order valence-electron chi connectivity index (χ4n) is 1.70. The number of ether oxygens (including phenoxy) is 3. The van der Waals surface area contributed by atoms with Crippen LogP contribution in [0.4, 0.5) is 0 Å². The van der Waals surface area contributed by atoms with Crippen LogP contribution in [0.25, 0.3) is 0 Å². The molecule has 0 heterocycles. The molecule has 0 rings (SSSR count). The Morgan fingerprint density at radius 2 is 1.50 bits per heavy atom. The zero-order valence-electron chi connectivity index (χ0n) is 12.5. The van der Waals surface area contributed by atoms with Crippen molar-refractivity contribution >= 4 is 17.9 Å². The zero-order chi connectivity index (χ0) is 15.5. The van der Waals surface area contributed by atoms with Gasteiger partial charge in [-0.2, -0.15) is 0 Å². The van der Waals surface area contributed by atoms with Crippen molar-refractivity contribution in [3.63, 3.8) is 0 Å². The number of hydrogen-bond donors (Lipinski definition) is 0. The van der Waals surface area contributed by atoms with Gasteiger partial charge in [-0.3, -0.25) is 19.3 Å². The molecule has 7 heteroatoms. The summed E-state index contributed by atoms with van der Waals surface area (Å²) in [5.41, 5.74) is 0. The lowest BCUT2D eigenvalue weighted by molar-refractivity contribution is -0.155. The van der Waals surface area contributed by atoms with E-state index in [1.807, 2.05) is 6.92 Å². The van der Waals surface area contributed by atoms with Gasteiger partial charge in [0.05, 0.1) is 33.9 Å². The van der Waals surface area contributed by atoms with Crippen molar-refractivity contribution in [1.82, 2.24) is 4.90 Å². The van der Waals surface area contributed by atoms with Crippen LogP contribution in [0, 0.1) is 0 Å². The maximum atomic E-state index is 11.9. The third kappa shape index (κ3) is 6.51. The fourth-order valence-corrected chi connectivity index (χ4v) is 1.70. The molecule has 0 aliphatic carbocycles. The Balaban J connectivity index is 5.01. The lowest BCUT2D eigenvalue weighted by Gasteiger charge is -2.27. The third-order valence-corrected chi connectivity index (χ3v) is 2.68. The van der Waals surface area contributed by atoms with E-state index in [4.69, 9.17) is 4.74 Å². The molecule has 0 aromatic rings. The average molecular weight is 289 g/mol. The van der Waals surface area contributed by atoms with E-state index < -0.39 is 23.9 Å². The van der Waals surface area contributed by atoms with Crippen LogP contribution in [0.3, 0.4) is 0 Å². The minimum atomic E-state index is -0.668.